The van der Waals surface area contributed by atoms with Crippen molar-refractivity contribution < 1.29 is 9.90 Å². The van der Waals surface area contributed by atoms with Crippen LogP contribution in [0.5, 0.6) is 5.75 Å². The number of aromatic nitrogens is 2. The van der Waals surface area contributed by atoms with Crippen molar-refractivity contribution in [2.24, 2.45) is 0 Å². The van der Waals surface area contributed by atoms with E-state index in [9.17, 15) is 9.90 Å². The number of nitrogens with zero attached hydrogens (tertiary/aromatic N) is 3. The number of aromatic hydroxyl groups is 1. The lowest BCUT2D eigenvalue weighted by Gasteiger charge is -2.28. The van der Waals surface area contributed by atoms with Crippen molar-refractivity contribution in [1.29, 1.82) is 0 Å². The number of rotatable bonds is 2. The average Bonchev–Trinajstić information content (AvgIpc) is 2.96. The zero-order valence-corrected chi connectivity index (χ0v) is 13.7. The Morgan fingerprint density at radius 1 is 1.32 bits per heavy atom. The first-order valence-electron chi connectivity index (χ1n) is 7.27. The Labute approximate surface area is 138 Å². The van der Waals surface area contributed by atoms with Gasteiger partial charge in [-0.3, -0.25) is 4.79 Å². The van der Waals surface area contributed by atoms with Gasteiger partial charge in [-0.25, -0.2) is 0 Å². The van der Waals surface area contributed by atoms with Crippen LogP contribution in [-0.4, -0.2) is 48.9 Å². The van der Waals surface area contributed by atoms with E-state index >= 15 is 0 Å². The molecule has 22 heavy (non-hydrogen) atoms. The zero-order chi connectivity index (χ0) is 15.5. The number of phenols is 1. The third-order valence-electron chi connectivity index (χ3n) is 3.72. The molecule has 0 aliphatic carbocycles. The molecule has 1 N–H and O–H groups in total. The number of phenolic OH excluding ortho intramolecular Hbond substituents is 1. The van der Waals surface area contributed by atoms with E-state index in [4.69, 9.17) is 12.2 Å². The number of hydrogen-bond acceptors (Lipinski definition) is 5. The first-order valence-corrected chi connectivity index (χ1v) is 8.66. The van der Waals surface area contributed by atoms with Gasteiger partial charge in [0.2, 0.25) is 0 Å². The number of carbonyl (C=O) groups is 1. The fourth-order valence-electron chi connectivity index (χ4n) is 2.56. The Morgan fingerprint density at radius 2 is 2.09 bits per heavy atom. The maximum absolute atomic E-state index is 12.3. The Bertz CT molecular complexity index is 708. The Balaban J connectivity index is 1.66. The monoisotopic (exact) mass is 335 g/mol. The molecule has 3 rings (SSSR count). The Kier molecular flexibility index (Phi) is 4.63. The van der Waals surface area contributed by atoms with Crippen LogP contribution in [0.1, 0.15) is 24.1 Å². The molecule has 0 radical (unpaired) electrons. The van der Waals surface area contributed by atoms with Crippen LogP contribution in [0.4, 0.5) is 0 Å². The lowest BCUT2D eigenvalue weighted by molar-refractivity contribution is 0.0932. The molecule has 0 atom stereocenters. The summed E-state index contributed by atoms with van der Waals surface area (Å²) in [6.07, 6.45) is 5.21. The number of thiocarbonyl (C=S) groups is 1. The number of thioether (sulfide) groups is 1. The van der Waals surface area contributed by atoms with Crippen LogP contribution >= 0.6 is 24.0 Å². The van der Waals surface area contributed by atoms with Gasteiger partial charge in [-0.15, -0.1) is 0 Å². The van der Waals surface area contributed by atoms with Crippen LogP contribution in [0.3, 0.4) is 0 Å². The van der Waals surface area contributed by atoms with Gasteiger partial charge in [0.25, 0.3) is 5.91 Å². The number of likely N-dealkylation sites (tertiary alicyclic amines) is 1. The second-order valence-electron chi connectivity index (χ2n) is 5.30. The van der Waals surface area contributed by atoms with Crippen LogP contribution < -0.4 is 0 Å². The molecule has 1 aromatic heterocycles. The predicted octanol–water partition coefficient (Wildman–Crippen LogP) is 2.89. The van der Waals surface area contributed by atoms with Crippen molar-refractivity contribution in [2.75, 3.05) is 18.8 Å². The van der Waals surface area contributed by atoms with Gasteiger partial charge in [0.05, 0.1) is 17.5 Å². The molecule has 0 spiro atoms. The number of hydrogen-bond donors (Lipinski definition) is 1. The lowest BCUT2D eigenvalue weighted by Crippen LogP contribution is -2.33. The summed E-state index contributed by atoms with van der Waals surface area (Å²) in [5, 5.41) is 14.5. The van der Waals surface area contributed by atoms with Gasteiger partial charge in [0, 0.05) is 24.5 Å². The molecule has 1 aromatic carbocycles. The second-order valence-corrected chi connectivity index (χ2v) is 6.90. The van der Waals surface area contributed by atoms with Gasteiger partial charge >= 0.3 is 0 Å². The standard InChI is InChI=1S/C15H17N3O2S2/c19-12-5-4-11-9-16-18(13(11)8-12)14(20)10-22-15(21)17-6-2-1-3-7-17/h4-5,8-9,19H,1-3,6-7,10H2. The van der Waals surface area contributed by atoms with Crippen molar-refractivity contribution in [1.82, 2.24) is 14.7 Å². The summed E-state index contributed by atoms with van der Waals surface area (Å²) in [5.74, 6) is 0.241. The maximum Gasteiger partial charge on any atom is 0.257 e. The number of carbonyl (C=O) groups excluding carboxylic acids is 1. The van der Waals surface area contributed by atoms with E-state index in [2.05, 4.69) is 10.00 Å². The average molecular weight is 335 g/mol. The van der Waals surface area contributed by atoms with Crippen LogP contribution in [-0.2, 0) is 0 Å². The molecule has 7 heteroatoms. The van der Waals surface area contributed by atoms with Crippen LogP contribution in [0.2, 0.25) is 0 Å². The first kappa shape index (κ1) is 15.3. The van der Waals surface area contributed by atoms with E-state index in [1.54, 1.807) is 24.4 Å². The lowest BCUT2D eigenvalue weighted by atomic mass is 10.1. The highest BCUT2D eigenvalue weighted by Crippen LogP contribution is 2.21. The van der Waals surface area contributed by atoms with E-state index in [0.29, 0.717) is 5.52 Å². The van der Waals surface area contributed by atoms with Crippen LogP contribution in [0.25, 0.3) is 10.9 Å². The molecule has 0 unspecified atom stereocenters. The molecule has 0 bridgehead atoms. The minimum absolute atomic E-state index is 0.124. The summed E-state index contributed by atoms with van der Waals surface area (Å²) in [7, 11) is 0. The molecule has 1 fully saturated rings. The normalized spacial score (nSPS) is 15.2. The highest BCUT2D eigenvalue weighted by Gasteiger charge is 2.17. The Morgan fingerprint density at radius 3 is 2.86 bits per heavy atom. The fourth-order valence-corrected chi connectivity index (χ4v) is 3.65. The Hall–Kier alpha value is -1.60. The van der Waals surface area contributed by atoms with Crippen LogP contribution in [0, 0.1) is 0 Å². The minimum atomic E-state index is -0.134. The molecule has 0 saturated carbocycles. The van der Waals surface area contributed by atoms with Crippen molar-refractivity contribution in [2.45, 2.75) is 19.3 Å². The molecule has 2 heterocycles. The molecular weight excluding hydrogens is 318 g/mol. The molecule has 5 nitrogen and oxygen atoms in total. The van der Waals surface area contributed by atoms with Gasteiger partial charge in [-0.1, -0.05) is 24.0 Å². The molecule has 1 aliphatic heterocycles. The fraction of sp³-hybridized carbons (Fsp3) is 0.400. The minimum Gasteiger partial charge on any atom is -0.508 e. The van der Waals surface area contributed by atoms with E-state index in [0.717, 1.165) is 35.6 Å². The molecule has 2 aromatic rings. The summed E-state index contributed by atoms with van der Waals surface area (Å²) in [6.45, 7) is 1.97. The smallest absolute Gasteiger partial charge is 0.257 e. The summed E-state index contributed by atoms with van der Waals surface area (Å²) < 4.78 is 2.12. The summed E-state index contributed by atoms with van der Waals surface area (Å²) in [4.78, 5) is 14.5. The van der Waals surface area contributed by atoms with E-state index in [1.165, 1.54) is 22.9 Å². The number of piperidine rings is 1. The van der Waals surface area contributed by atoms with Gasteiger partial charge in [0.1, 0.15) is 10.1 Å². The largest absolute Gasteiger partial charge is 0.508 e. The molecule has 1 saturated heterocycles. The highest BCUT2D eigenvalue weighted by molar-refractivity contribution is 8.23. The van der Waals surface area contributed by atoms with Gasteiger partial charge in [-0.2, -0.15) is 9.78 Å². The third kappa shape index (κ3) is 3.25. The van der Waals surface area contributed by atoms with Gasteiger partial charge in [0.15, 0.2) is 0 Å². The van der Waals surface area contributed by atoms with Crippen molar-refractivity contribution in [3.05, 3.63) is 24.4 Å². The van der Waals surface area contributed by atoms with Gasteiger partial charge in [-0.05, 0) is 31.4 Å². The molecular formula is C15H17N3O2S2. The zero-order valence-electron chi connectivity index (χ0n) is 12.1. The summed E-state index contributed by atoms with van der Waals surface area (Å²) >= 11 is 6.79. The van der Waals surface area contributed by atoms with Crippen molar-refractivity contribution >= 4 is 45.1 Å². The molecule has 1 aliphatic rings. The predicted molar refractivity (Wildman–Crippen MR) is 92.5 cm³/mol. The molecule has 116 valence electrons. The third-order valence-corrected chi connectivity index (χ3v) is 5.23. The summed E-state index contributed by atoms with van der Waals surface area (Å²) in [5.41, 5.74) is 0.620. The second kappa shape index (κ2) is 6.66. The van der Waals surface area contributed by atoms with E-state index in [-0.39, 0.29) is 17.4 Å². The quantitative estimate of drug-likeness (QED) is 0.852. The van der Waals surface area contributed by atoms with E-state index in [1.807, 2.05) is 0 Å². The SMILES string of the molecule is O=C(CSC(=S)N1CCCCC1)n1ncc2ccc(O)cc21. The van der Waals surface area contributed by atoms with Gasteiger partial charge < -0.3 is 10.0 Å². The topological polar surface area (TPSA) is 58.4 Å². The van der Waals surface area contributed by atoms with Crippen LogP contribution in [0.15, 0.2) is 24.4 Å². The maximum atomic E-state index is 12.3. The molecule has 0 amide bonds. The number of benzene rings is 1. The first-order chi connectivity index (χ1) is 10.6. The van der Waals surface area contributed by atoms with Crippen molar-refractivity contribution in [3.63, 3.8) is 0 Å². The summed E-state index contributed by atoms with van der Waals surface area (Å²) in [6, 6.07) is 4.87. The van der Waals surface area contributed by atoms with E-state index < -0.39 is 0 Å². The van der Waals surface area contributed by atoms with Crippen molar-refractivity contribution in [3.8, 4) is 5.75 Å². The number of fused-ring (bicyclic) bond motifs is 1. The highest BCUT2D eigenvalue weighted by atomic mass is 32.2.